The second-order valence-corrected chi connectivity index (χ2v) is 7.29. The summed E-state index contributed by atoms with van der Waals surface area (Å²) < 4.78 is 47.5. The predicted molar refractivity (Wildman–Crippen MR) is 115 cm³/mol. The van der Waals surface area contributed by atoms with E-state index in [0.29, 0.717) is 30.6 Å². The fraction of sp³-hybridized carbons (Fsp3) is 0.231. The average molecular weight is 410 g/mol. The molecule has 0 saturated heterocycles. The quantitative estimate of drug-likeness (QED) is 0.267. The third kappa shape index (κ3) is 5.32. The molecule has 1 nitrogen and oxygen atoms in total. The van der Waals surface area contributed by atoms with Gasteiger partial charge in [0.25, 0.3) is 0 Å². The summed E-state index contributed by atoms with van der Waals surface area (Å²) in [6, 6.07) is 15.8. The van der Waals surface area contributed by atoms with E-state index >= 15 is 0 Å². The Morgan fingerprint density at radius 2 is 1.60 bits per heavy atom. The zero-order valence-electron chi connectivity index (χ0n) is 17.1. The number of hydrogen-bond donors (Lipinski definition) is 0. The summed E-state index contributed by atoms with van der Waals surface area (Å²) in [5.41, 5.74) is 3.31. The Kier molecular flexibility index (Phi) is 7.34. The molecule has 3 rings (SSSR count). The van der Waals surface area contributed by atoms with Crippen LogP contribution < -0.4 is 4.74 Å². The van der Waals surface area contributed by atoms with Gasteiger partial charge in [0.1, 0.15) is 0 Å². The molecule has 3 aromatic rings. The fourth-order valence-electron chi connectivity index (χ4n) is 3.23. The minimum absolute atomic E-state index is 0.242. The van der Waals surface area contributed by atoms with Gasteiger partial charge in [-0.15, -0.1) is 6.58 Å². The number of hydrogen-bond acceptors (Lipinski definition) is 1. The lowest BCUT2D eigenvalue weighted by atomic mass is 9.99. The van der Waals surface area contributed by atoms with E-state index in [4.69, 9.17) is 4.74 Å². The van der Waals surface area contributed by atoms with Crippen molar-refractivity contribution < 1.29 is 17.9 Å². The summed E-state index contributed by atoms with van der Waals surface area (Å²) >= 11 is 0. The first-order chi connectivity index (χ1) is 14.5. The molecule has 156 valence electrons. The highest BCUT2D eigenvalue weighted by molar-refractivity contribution is 5.64. The van der Waals surface area contributed by atoms with Crippen LogP contribution in [0, 0.1) is 24.4 Å². The first kappa shape index (κ1) is 21.7. The lowest BCUT2D eigenvalue weighted by molar-refractivity contribution is 0.297. The molecular formula is C26H25F3O. The summed E-state index contributed by atoms with van der Waals surface area (Å²) in [7, 11) is 0. The highest BCUT2D eigenvalue weighted by Crippen LogP contribution is 2.26. The van der Waals surface area contributed by atoms with Gasteiger partial charge in [0.05, 0.1) is 6.61 Å². The molecule has 0 N–H and O–H groups in total. The van der Waals surface area contributed by atoms with Crippen LogP contribution in [-0.4, -0.2) is 6.61 Å². The van der Waals surface area contributed by atoms with Crippen molar-refractivity contribution >= 4 is 0 Å². The van der Waals surface area contributed by atoms with Crippen molar-refractivity contribution in [2.45, 2.75) is 32.6 Å². The van der Waals surface area contributed by atoms with E-state index in [1.165, 1.54) is 6.07 Å². The number of ether oxygens (including phenoxy) is 1. The number of allylic oxidation sites excluding steroid dienone is 1. The van der Waals surface area contributed by atoms with E-state index in [1.807, 2.05) is 36.4 Å². The van der Waals surface area contributed by atoms with Crippen molar-refractivity contribution in [2.24, 2.45) is 0 Å². The molecular weight excluding hydrogens is 385 g/mol. The van der Waals surface area contributed by atoms with Crippen LogP contribution in [0.4, 0.5) is 13.2 Å². The molecule has 0 saturated carbocycles. The zero-order valence-corrected chi connectivity index (χ0v) is 17.1. The van der Waals surface area contributed by atoms with Crippen LogP contribution in [-0.2, 0) is 12.8 Å². The lowest BCUT2D eigenvalue weighted by Gasteiger charge is -2.10. The molecule has 0 fully saturated rings. The molecule has 4 heteroatoms. The van der Waals surface area contributed by atoms with Crippen LogP contribution in [0.15, 0.2) is 67.3 Å². The van der Waals surface area contributed by atoms with Crippen LogP contribution in [0.1, 0.15) is 29.5 Å². The molecule has 0 aliphatic rings. The summed E-state index contributed by atoms with van der Waals surface area (Å²) in [6.45, 7) is 5.64. The minimum Gasteiger partial charge on any atom is -0.491 e. The molecule has 0 aromatic heterocycles. The second-order valence-electron chi connectivity index (χ2n) is 7.29. The Bertz CT molecular complexity index is 1010. The first-order valence-corrected chi connectivity index (χ1v) is 10.1. The summed E-state index contributed by atoms with van der Waals surface area (Å²) in [4.78, 5) is 0. The van der Waals surface area contributed by atoms with Crippen molar-refractivity contribution in [3.63, 3.8) is 0 Å². The molecule has 0 bridgehead atoms. The first-order valence-electron chi connectivity index (χ1n) is 10.1. The molecule has 30 heavy (non-hydrogen) atoms. The predicted octanol–water partition coefficient (Wildman–Crippen LogP) is 7.21. The smallest absolute Gasteiger partial charge is 0.165 e. The largest absolute Gasteiger partial charge is 0.491 e. The number of halogens is 3. The van der Waals surface area contributed by atoms with Gasteiger partial charge in [0.15, 0.2) is 23.2 Å². The van der Waals surface area contributed by atoms with E-state index in [0.717, 1.165) is 29.5 Å². The Morgan fingerprint density at radius 3 is 2.30 bits per heavy atom. The number of aryl methyl sites for hydroxylation is 3. The van der Waals surface area contributed by atoms with Gasteiger partial charge in [0, 0.05) is 0 Å². The SMILES string of the molecule is C=CCCCOc1ccc(-c2ccc(CCc3ccc(C)c(F)c3F)cc2)cc1F. The third-order valence-corrected chi connectivity index (χ3v) is 5.07. The van der Waals surface area contributed by atoms with Crippen molar-refractivity contribution in [2.75, 3.05) is 6.61 Å². The van der Waals surface area contributed by atoms with Gasteiger partial charge in [-0.25, -0.2) is 13.2 Å². The molecule has 3 aromatic carbocycles. The monoisotopic (exact) mass is 410 g/mol. The Morgan fingerprint density at radius 1 is 0.867 bits per heavy atom. The minimum atomic E-state index is -0.780. The summed E-state index contributed by atoms with van der Waals surface area (Å²) in [6.07, 6.45) is 4.44. The molecule has 0 radical (unpaired) electrons. The Hall–Kier alpha value is -3.01. The maximum Gasteiger partial charge on any atom is 0.165 e. The van der Waals surface area contributed by atoms with Gasteiger partial charge < -0.3 is 4.74 Å². The average Bonchev–Trinajstić information content (AvgIpc) is 2.76. The molecule has 0 heterocycles. The summed E-state index contributed by atoms with van der Waals surface area (Å²) in [5, 5.41) is 0. The molecule has 0 amide bonds. The maximum atomic E-state index is 14.3. The van der Waals surface area contributed by atoms with Gasteiger partial charge in [-0.3, -0.25) is 0 Å². The van der Waals surface area contributed by atoms with Crippen LogP contribution in [0.25, 0.3) is 11.1 Å². The lowest BCUT2D eigenvalue weighted by Crippen LogP contribution is -1.99. The standard InChI is InChI=1S/C26H25F3O/c1-3-4-5-16-30-24-15-14-22(17-23(24)27)20-11-7-19(8-12-20)9-13-21-10-6-18(2)25(28)26(21)29/h3,6-8,10-12,14-15,17H,1,4-5,9,13,16H2,2H3. The number of rotatable bonds is 9. The van der Waals surface area contributed by atoms with Gasteiger partial charge in [-0.2, -0.15) is 0 Å². The van der Waals surface area contributed by atoms with Crippen LogP contribution in [0.2, 0.25) is 0 Å². The molecule has 0 spiro atoms. The highest BCUT2D eigenvalue weighted by Gasteiger charge is 2.11. The normalized spacial score (nSPS) is 10.8. The van der Waals surface area contributed by atoms with E-state index in [-0.39, 0.29) is 5.75 Å². The van der Waals surface area contributed by atoms with Crippen LogP contribution in [0.5, 0.6) is 5.75 Å². The number of benzene rings is 3. The van der Waals surface area contributed by atoms with Gasteiger partial charge in [0.2, 0.25) is 0 Å². The van der Waals surface area contributed by atoms with Crippen LogP contribution in [0.3, 0.4) is 0 Å². The zero-order chi connectivity index (χ0) is 21.5. The van der Waals surface area contributed by atoms with Gasteiger partial charge >= 0.3 is 0 Å². The Balaban J connectivity index is 1.63. The topological polar surface area (TPSA) is 9.23 Å². The highest BCUT2D eigenvalue weighted by atomic mass is 19.2. The maximum absolute atomic E-state index is 14.3. The van der Waals surface area contributed by atoms with Crippen molar-refractivity contribution in [1.29, 1.82) is 0 Å². The molecule has 0 unspecified atom stereocenters. The van der Waals surface area contributed by atoms with E-state index in [2.05, 4.69) is 6.58 Å². The van der Waals surface area contributed by atoms with Crippen molar-refractivity contribution in [1.82, 2.24) is 0 Å². The van der Waals surface area contributed by atoms with Gasteiger partial charge in [-0.05, 0) is 72.6 Å². The van der Waals surface area contributed by atoms with Crippen molar-refractivity contribution in [3.8, 4) is 16.9 Å². The van der Waals surface area contributed by atoms with Crippen LogP contribution >= 0.6 is 0 Å². The van der Waals surface area contributed by atoms with E-state index < -0.39 is 17.5 Å². The molecule has 0 aliphatic heterocycles. The van der Waals surface area contributed by atoms with Gasteiger partial charge in [-0.1, -0.05) is 48.5 Å². The second kappa shape index (κ2) is 10.1. The van der Waals surface area contributed by atoms with E-state index in [1.54, 1.807) is 25.1 Å². The molecule has 0 atom stereocenters. The third-order valence-electron chi connectivity index (χ3n) is 5.07. The molecule has 0 aliphatic carbocycles. The number of unbranched alkanes of at least 4 members (excludes halogenated alkanes) is 1. The fourth-order valence-corrected chi connectivity index (χ4v) is 3.23. The van der Waals surface area contributed by atoms with Crippen molar-refractivity contribution in [3.05, 3.63) is 101 Å². The summed E-state index contributed by atoms with van der Waals surface area (Å²) in [5.74, 6) is -1.70. The van der Waals surface area contributed by atoms with E-state index in [9.17, 15) is 13.2 Å². The Labute approximate surface area is 175 Å².